The molecular weight excluding hydrogens is 374 g/mol. The number of likely N-dealkylation sites (tertiary alicyclic amines) is 1. The van der Waals surface area contributed by atoms with Crippen LogP contribution in [-0.2, 0) is 13.6 Å². The van der Waals surface area contributed by atoms with Crippen LogP contribution in [-0.4, -0.2) is 68.9 Å². The van der Waals surface area contributed by atoms with Crippen LogP contribution in [0.4, 0.5) is 0 Å². The number of rotatable bonds is 6. The topological polar surface area (TPSA) is 74.5 Å². The first-order valence-corrected chi connectivity index (χ1v) is 10.3. The number of carbonyl (C=O) groups is 1. The van der Waals surface area contributed by atoms with Gasteiger partial charge in [-0.1, -0.05) is 6.07 Å². The van der Waals surface area contributed by atoms with E-state index in [1.807, 2.05) is 24.0 Å². The van der Waals surface area contributed by atoms with Crippen LogP contribution in [0.2, 0.25) is 0 Å². The van der Waals surface area contributed by atoms with Crippen molar-refractivity contribution in [2.75, 3.05) is 33.3 Å². The molecule has 148 valence electrons. The van der Waals surface area contributed by atoms with Crippen molar-refractivity contribution in [2.45, 2.75) is 18.9 Å². The first-order chi connectivity index (χ1) is 13.6. The van der Waals surface area contributed by atoms with E-state index in [0.717, 1.165) is 46.7 Å². The minimum Gasteiger partial charge on any atom is -0.395 e. The molecule has 1 atom stereocenters. The van der Waals surface area contributed by atoms with E-state index in [0.29, 0.717) is 12.5 Å². The number of likely N-dealkylation sites (N-methyl/N-ethyl adjacent to an activating group) is 1. The highest BCUT2D eigenvalue weighted by molar-refractivity contribution is 7.20. The zero-order chi connectivity index (χ0) is 19.7. The molecule has 3 aromatic rings. The summed E-state index contributed by atoms with van der Waals surface area (Å²) < 4.78 is 1.91. The summed E-state index contributed by atoms with van der Waals surface area (Å²) in [6.07, 6.45) is 4.62. The second kappa shape index (κ2) is 7.98. The Bertz CT molecular complexity index is 982. The third-order valence-corrected chi connectivity index (χ3v) is 6.59. The van der Waals surface area contributed by atoms with Crippen molar-refractivity contribution in [1.29, 1.82) is 0 Å². The minimum atomic E-state index is -0.0391. The molecule has 3 aromatic heterocycles. The van der Waals surface area contributed by atoms with Gasteiger partial charge in [0, 0.05) is 57.4 Å². The van der Waals surface area contributed by atoms with Gasteiger partial charge in [0.1, 0.15) is 4.83 Å². The van der Waals surface area contributed by atoms with E-state index in [2.05, 4.69) is 27.1 Å². The average molecular weight is 400 g/mol. The third kappa shape index (κ3) is 3.55. The van der Waals surface area contributed by atoms with Crippen molar-refractivity contribution in [3.63, 3.8) is 0 Å². The Morgan fingerprint density at radius 3 is 3.00 bits per heavy atom. The predicted molar refractivity (Wildman–Crippen MR) is 110 cm³/mol. The lowest BCUT2D eigenvalue weighted by atomic mass is 9.95. The normalized spacial score (nSPS) is 17.5. The Morgan fingerprint density at radius 1 is 1.39 bits per heavy atom. The van der Waals surface area contributed by atoms with E-state index in [4.69, 9.17) is 0 Å². The molecule has 1 aliphatic heterocycles. The molecule has 1 aliphatic rings. The fraction of sp³-hybridized carbons (Fsp3) is 0.450. The summed E-state index contributed by atoms with van der Waals surface area (Å²) in [7, 11) is 3.71. The SMILES string of the molecule is CN(CCO)C(=O)c1sc2ncccc2c1[C@@H]1CCN(Cc2ccnn2C)C1. The number of aliphatic hydroxyl groups excluding tert-OH is 1. The van der Waals surface area contributed by atoms with Crippen LogP contribution in [0, 0.1) is 0 Å². The number of aromatic nitrogens is 3. The summed E-state index contributed by atoms with van der Waals surface area (Å²) >= 11 is 1.47. The molecule has 8 heteroatoms. The summed E-state index contributed by atoms with van der Waals surface area (Å²) in [5.41, 5.74) is 2.31. The molecule has 7 nitrogen and oxygen atoms in total. The maximum atomic E-state index is 13.0. The van der Waals surface area contributed by atoms with Crippen LogP contribution in [0.5, 0.6) is 0 Å². The number of amides is 1. The number of hydrogen-bond donors (Lipinski definition) is 1. The summed E-state index contributed by atoms with van der Waals surface area (Å²) in [5.74, 6) is 0.268. The third-order valence-electron chi connectivity index (χ3n) is 5.47. The molecule has 0 aromatic carbocycles. The lowest BCUT2D eigenvalue weighted by Crippen LogP contribution is -2.30. The van der Waals surface area contributed by atoms with Crippen molar-refractivity contribution in [3.8, 4) is 0 Å². The molecule has 0 spiro atoms. The Balaban J connectivity index is 1.63. The molecule has 4 heterocycles. The quantitative estimate of drug-likeness (QED) is 0.687. The van der Waals surface area contributed by atoms with Gasteiger partial charge in [-0.3, -0.25) is 14.4 Å². The second-order valence-electron chi connectivity index (χ2n) is 7.32. The fourth-order valence-corrected chi connectivity index (χ4v) is 5.16. The lowest BCUT2D eigenvalue weighted by molar-refractivity contribution is 0.0770. The van der Waals surface area contributed by atoms with Crippen LogP contribution < -0.4 is 0 Å². The maximum absolute atomic E-state index is 13.0. The number of aryl methyl sites for hydroxylation is 1. The van der Waals surface area contributed by atoms with Crippen molar-refractivity contribution in [3.05, 3.63) is 46.7 Å². The molecule has 1 N–H and O–H groups in total. The number of aliphatic hydroxyl groups is 1. The average Bonchev–Trinajstić information content (AvgIpc) is 3.40. The number of thiophene rings is 1. The Labute approximate surface area is 168 Å². The van der Waals surface area contributed by atoms with E-state index in [9.17, 15) is 9.90 Å². The van der Waals surface area contributed by atoms with E-state index < -0.39 is 0 Å². The number of hydrogen-bond acceptors (Lipinski definition) is 6. The van der Waals surface area contributed by atoms with Crippen LogP contribution in [0.25, 0.3) is 10.2 Å². The molecule has 0 saturated carbocycles. The fourth-order valence-electron chi connectivity index (χ4n) is 3.94. The molecule has 28 heavy (non-hydrogen) atoms. The standard InChI is InChI=1S/C20H25N5O2S/c1-23(10-11-26)20(27)18-17(16-4-3-7-21-19(16)28-18)14-6-9-25(12-14)13-15-5-8-22-24(15)2/h3-5,7-8,14,26H,6,9-13H2,1-2H3/t14-/m1/s1. The van der Waals surface area contributed by atoms with Gasteiger partial charge in [0.25, 0.3) is 5.91 Å². The highest BCUT2D eigenvalue weighted by Gasteiger charge is 2.32. The first kappa shape index (κ1) is 19.0. The smallest absolute Gasteiger partial charge is 0.264 e. The van der Waals surface area contributed by atoms with Gasteiger partial charge in [0.15, 0.2) is 0 Å². The van der Waals surface area contributed by atoms with Crippen LogP contribution >= 0.6 is 11.3 Å². The van der Waals surface area contributed by atoms with E-state index in [1.165, 1.54) is 17.0 Å². The number of pyridine rings is 1. The molecule has 1 amide bonds. The van der Waals surface area contributed by atoms with Crippen LogP contribution in [0.1, 0.15) is 33.3 Å². The Hall–Kier alpha value is -2.29. The largest absolute Gasteiger partial charge is 0.395 e. The van der Waals surface area contributed by atoms with Gasteiger partial charge >= 0.3 is 0 Å². The zero-order valence-electron chi connectivity index (χ0n) is 16.2. The van der Waals surface area contributed by atoms with Gasteiger partial charge in [-0.25, -0.2) is 4.98 Å². The molecular formula is C20H25N5O2S. The van der Waals surface area contributed by atoms with Crippen molar-refractivity contribution in [1.82, 2.24) is 24.6 Å². The minimum absolute atomic E-state index is 0.0304. The Morgan fingerprint density at radius 2 is 2.25 bits per heavy atom. The lowest BCUT2D eigenvalue weighted by Gasteiger charge is -2.19. The molecule has 0 radical (unpaired) electrons. The van der Waals surface area contributed by atoms with Crippen LogP contribution in [0.15, 0.2) is 30.6 Å². The van der Waals surface area contributed by atoms with Gasteiger partial charge in [-0.15, -0.1) is 11.3 Å². The van der Waals surface area contributed by atoms with E-state index in [-0.39, 0.29) is 12.5 Å². The molecule has 1 fully saturated rings. The van der Waals surface area contributed by atoms with E-state index >= 15 is 0 Å². The van der Waals surface area contributed by atoms with Crippen LogP contribution in [0.3, 0.4) is 0 Å². The summed E-state index contributed by atoms with van der Waals surface area (Å²) in [4.78, 5) is 23.2. The molecule has 1 saturated heterocycles. The summed E-state index contributed by atoms with van der Waals surface area (Å²) in [5, 5.41) is 14.6. The first-order valence-electron chi connectivity index (χ1n) is 9.51. The van der Waals surface area contributed by atoms with Gasteiger partial charge in [-0.05, 0) is 30.7 Å². The zero-order valence-corrected chi connectivity index (χ0v) is 17.0. The highest BCUT2D eigenvalue weighted by Crippen LogP contribution is 2.40. The molecule has 0 aliphatic carbocycles. The second-order valence-corrected chi connectivity index (χ2v) is 8.32. The van der Waals surface area contributed by atoms with Crippen molar-refractivity contribution in [2.24, 2.45) is 7.05 Å². The number of carbonyl (C=O) groups excluding carboxylic acids is 1. The van der Waals surface area contributed by atoms with Gasteiger partial charge in [0.05, 0.1) is 17.2 Å². The van der Waals surface area contributed by atoms with Gasteiger partial charge in [0.2, 0.25) is 0 Å². The van der Waals surface area contributed by atoms with Gasteiger partial charge < -0.3 is 10.0 Å². The summed E-state index contributed by atoms with van der Waals surface area (Å²) in [6, 6.07) is 6.06. The van der Waals surface area contributed by atoms with Crippen molar-refractivity contribution >= 4 is 27.5 Å². The monoisotopic (exact) mass is 399 g/mol. The number of nitrogens with zero attached hydrogens (tertiary/aromatic N) is 5. The van der Waals surface area contributed by atoms with Gasteiger partial charge in [-0.2, -0.15) is 5.10 Å². The maximum Gasteiger partial charge on any atom is 0.264 e. The number of fused-ring (bicyclic) bond motifs is 1. The predicted octanol–water partition coefficient (Wildman–Crippen LogP) is 2.08. The Kier molecular flexibility index (Phi) is 5.43. The van der Waals surface area contributed by atoms with E-state index in [1.54, 1.807) is 18.1 Å². The molecule has 0 bridgehead atoms. The molecule has 0 unspecified atom stereocenters. The highest BCUT2D eigenvalue weighted by atomic mass is 32.1. The molecule has 4 rings (SSSR count). The summed E-state index contributed by atoms with van der Waals surface area (Å²) in [6.45, 7) is 3.06. The van der Waals surface area contributed by atoms with Crippen molar-refractivity contribution < 1.29 is 9.90 Å².